The third-order valence-electron chi connectivity index (χ3n) is 6.00. The molecule has 2 amide bonds. The molecule has 0 bridgehead atoms. The van der Waals surface area contributed by atoms with Crippen molar-refractivity contribution in [2.45, 2.75) is 58.5 Å². The number of rotatable bonds is 10. The van der Waals surface area contributed by atoms with Crippen LogP contribution in [0.5, 0.6) is 17.2 Å². The molecular weight excluding hydrogens is 500 g/mol. The van der Waals surface area contributed by atoms with E-state index in [1.807, 2.05) is 43.0 Å². The summed E-state index contributed by atoms with van der Waals surface area (Å²) in [6.45, 7) is 4.18. The van der Waals surface area contributed by atoms with E-state index in [9.17, 15) is 9.59 Å². The molecule has 0 atom stereocenters. The zero-order chi connectivity index (χ0) is 24.7. The highest BCUT2D eigenvalue weighted by atomic mass is 79.9. The minimum atomic E-state index is -0.560. The van der Waals surface area contributed by atoms with Crippen LogP contribution in [-0.2, 0) is 16.1 Å². The fraction of sp³-hybridized carbons (Fsp3) is 0.462. The van der Waals surface area contributed by atoms with Crippen LogP contribution in [0.2, 0.25) is 0 Å². The highest BCUT2D eigenvalue weighted by molar-refractivity contribution is 9.10. The van der Waals surface area contributed by atoms with Gasteiger partial charge in [-0.25, -0.2) is 0 Å². The first kappa shape index (κ1) is 25.9. The van der Waals surface area contributed by atoms with Crippen molar-refractivity contribution in [1.82, 2.24) is 4.90 Å². The first-order chi connectivity index (χ1) is 16.3. The van der Waals surface area contributed by atoms with E-state index in [0.717, 1.165) is 46.8 Å². The lowest BCUT2D eigenvalue weighted by Crippen LogP contribution is -2.43. The molecule has 0 unspecified atom stereocenters. The van der Waals surface area contributed by atoms with E-state index < -0.39 is 5.91 Å². The molecule has 184 valence electrons. The van der Waals surface area contributed by atoms with E-state index in [-0.39, 0.29) is 25.2 Å². The minimum Gasteiger partial charge on any atom is -0.493 e. The van der Waals surface area contributed by atoms with Gasteiger partial charge in [0.2, 0.25) is 0 Å². The molecule has 2 aromatic rings. The first-order valence-corrected chi connectivity index (χ1v) is 12.3. The quantitative estimate of drug-likeness (QED) is 0.479. The predicted octanol–water partition coefficient (Wildman–Crippen LogP) is 4.68. The first-order valence-electron chi connectivity index (χ1n) is 11.6. The Kier molecular flexibility index (Phi) is 9.21. The number of nitrogens with two attached hydrogens (primary N) is 1. The number of amides is 2. The SMILES string of the molecule is COc1cc(CN(C(=O)COc2c(C)cc(C)cc2Br)C2CCCCC2)ccc1OCC(N)=O. The summed E-state index contributed by atoms with van der Waals surface area (Å²) in [7, 11) is 1.54. The number of aryl methyl sites for hydroxylation is 2. The van der Waals surface area contributed by atoms with Gasteiger partial charge in [-0.2, -0.15) is 0 Å². The topological polar surface area (TPSA) is 91.1 Å². The van der Waals surface area contributed by atoms with Gasteiger partial charge in [0, 0.05) is 12.6 Å². The number of ether oxygens (including phenoxy) is 3. The molecule has 0 aromatic heterocycles. The van der Waals surface area contributed by atoms with Crippen molar-refractivity contribution in [3.05, 3.63) is 51.5 Å². The molecule has 2 aromatic carbocycles. The summed E-state index contributed by atoms with van der Waals surface area (Å²) in [5.74, 6) is 1.01. The third-order valence-corrected chi connectivity index (χ3v) is 6.59. The van der Waals surface area contributed by atoms with Crippen LogP contribution in [-0.4, -0.2) is 43.1 Å². The van der Waals surface area contributed by atoms with Crippen molar-refractivity contribution >= 4 is 27.7 Å². The Morgan fingerprint density at radius 2 is 1.76 bits per heavy atom. The summed E-state index contributed by atoms with van der Waals surface area (Å²) in [4.78, 5) is 26.4. The summed E-state index contributed by atoms with van der Waals surface area (Å²) >= 11 is 3.56. The summed E-state index contributed by atoms with van der Waals surface area (Å²) in [6, 6.07) is 9.65. The van der Waals surface area contributed by atoms with Crippen LogP contribution in [0.3, 0.4) is 0 Å². The summed E-state index contributed by atoms with van der Waals surface area (Å²) in [5, 5.41) is 0. The van der Waals surface area contributed by atoms with Crippen molar-refractivity contribution in [3.63, 3.8) is 0 Å². The van der Waals surface area contributed by atoms with Gasteiger partial charge in [-0.3, -0.25) is 9.59 Å². The van der Waals surface area contributed by atoms with Crippen LogP contribution in [0.1, 0.15) is 48.8 Å². The molecular formula is C26H33BrN2O5. The Labute approximate surface area is 209 Å². The average Bonchev–Trinajstić information content (AvgIpc) is 2.81. The molecule has 34 heavy (non-hydrogen) atoms. The van der Waals surface area contributed by atoms with Gasteiger partial charge >= 0.3 is 0 Å². The average molecular weight is 533 g/mol. The number of carbonyl (C=O) groups is 2. The van der Waals surface area contributed by atoms with Gasteiger partial charge in [-0.15, -0.1) is 0 Å². The molecule has 1 aliphatic carbocycles. The smallest absolute Gasteiger partial charge is 0.261 e. The number of hydrogen-bond donors (Lipinski definition) is 1. The van der Waals surface area contributed by atoms with Crippen molar-refractivity contribution < 1.29 is 23.8 Å². The summed E-state index contributed by atoms with van der Waals surface area (Å²) < 4.78 is 17.7. The van der Waals surface area contributed by atoms with Crippen LogP contribution in [0, 0.1) is 13.8 Å². The number of halogens is 1. The van der Waals surface area contributed by atoms with Crippen LogP contribution in [0.25, 0.3) is 0 Å². The molecule has 0 aliphatic heterocycles. The third kappa shape index (κ3) is 6.88. The van der Waals surface area contributed by atoms with Crippen LogP contribution < -0.4 is 19.9 Å². The number of benzene rings is 2. The molecule has 0 spiro atoms. The molecule has 0 radical (unpaired) electrons. The molecule has 1 saturated carbocycles. The fourth-order valence-electron chi connectivity index (χ4n) is 4.39. The van der Waals surface area contributed by atoms with Gasteiger partial charge in [0.15, 0.2) is 24.7 Å². The lowest BCUT2D eigenvalue weighted by Gasteiger charge is -2.34. The van der Waals surface area contributed by atoms with Crippen molar-refractivity contribution in [2.24, 2.45) is 5.73 Å². The monoisotopic (exact) mass is 532 g/mol. The number of methoxy groups -OCH3 is 1. The highest BCUT2D eigenvalue weighted by Gasteiger charge is 2.26. The molecule has 3 rings (SSSR count). The Bertz CT molecular complexity index is 997. The van der Waals surface area contributed by atoms with E-state index in [1.54, 1.807) is 6.07 Å². The maximum atomic E-state index is 13.4. The van der Waals surface area contributed by atoms with Gasteiger partial charge in [0.25, 0.3) is 11.8 Å². The zero-order valence-corrected chi connectivity index (χ0v) is 21.7. The maximum absolute atomic E-state index is 13.4. The second kappa shape index (κ2) is 12.1. The fourth-order valence-corrected chi connectivity index (χ4v) is 5.18. The molecule has 8 heteroatoms. The lowest BCUT2D eigenvalue weighted by atomic mass is 9.93. The maximum Gasteiger partial charge on any atom is 0.261 e. The number of hydrogen-bond acceptors (Lipinski definition) is 5. The van der Waals surface area contributed by atoms with E-state index in [1.165, 1.54) is 13.5 Å². The zero-order valence-electron chi connectivity index (χ0n) is 20.1. The summed E-state index contributed by atoms with van der Waals surface area (Å²) in [6.07, 6.45) is 5.39. The van der Waals surface area contributed by atoms with E-state index >= 15 is 0 Å². The lowest BCUT2D eigenvalue weighted by molar-refractivity contribution is -0.137. The standard InChI is InChI=1S/C26H33BrN2O5/c1-17-11-18(2)26(21(27)12-17)34-16-25(31)29(20-7-5-4-6-8-20)14-19-9-10-22(23(13-19)32-3)33-15-24(28)30/h9-13,20H,4-8,14-16H2,1-3H3,(H2,28,30). The van der Waals surface area contributed by atoms with Gasteiger partial charge in [0.05, 0.1) is 11.6 Å². The van der Waals surface area contributed by atoms with Gasteiger partial charge in [0.1, 0.15) is 5.75 Å². The van der Waals surface area contributed by atoms with E-state index in [0.29, 0.717) is 23.8 Å². The van der Waals surface area contributed by atoms with Crippen LogP contribution in [0.4, 0.5) is 0 Å². The van der Waals surface area contributed by atoms with Crippen LogP contribution in [0.15, 0.2) is 34.8 Å². The molecule has 1 aliphatic rings. The molecule has 7 nitrogen and oxygen atoms in total. The normalized spacial score (nSPS) is 13.9. The Morgan fingerprint density at radius 3 is 2.41 bits per heavy atom. The number of carbonyl (C=O) groups excluding carboxylic acids is 2. The predicted molar refractivity (Wildman–Crippen MR) is 134 cm³/mol. The molecule has 1 fully saturated rings. The summed E-state index contributed by atoms with van der Waals surface area (Å²) in [5.41, 5.74) is 8.20. The Hall–Kier alpha value is -2.74. The largest absolute Gasteiger partial charge is 0.493 e. The minimum absolute atomic E-state index is 0.0318. The molecule has 2 N–H and O–H groups in total. The second-order valence-electron chi connectivity index (χ2n) is 8.74. The van der Waals surface area contributed by atoms with Crippen molar-refractivity contribution in [1.29, 1.82) is 0 Å². The number of primary amides is 1. The second-order valence-corrected chi connectivity index (χ2v) is 9.59. The van der Waals surface area contributed by atoms with Crippen molar-refractivity contribution in [2.75, 3.05) is 20.3 Å². The highest BCUT2D eigenvalue weighted by Crippen LogP contribution is 2.32. The van der Waals surface area contributed by atoms with Gasteiger partial charge < -0.3 is 24.8 Å². The Morgan fingerprint density at radius 1 is 1.03 bits per heavy atom. The molecule has 0 heterocycles. The van der Waals surface area contributed by atoms with Gasteiger partial charge in [-0.1, -0.05) is 31.4 Å². The van der Waals surface area contributed by atoms with Crippen molar-refractivity contribution in [3.8, 4) is 17.2 Å². The Balaban J connectivity index is 1.77. The number of nitrogens with zero attached hydrogens (tertiary/aromatic N) is 1. The molecule has 0 saturated heterocycles. The van der Waals surface area contributed by atoms with E-state index in [2.05, 4.69) is 15.9 Å². The van der Waals surface area contributed by atoms with Crippen LogP contribution >= 0.6 is 15.9 Å². The van der Waals surface area contributed by atoms with E-state index in [4.69, 9.17) is 19.9 Å². The van der Waals surface area contributed by atoms with Gasteiger partial charge in [-0.05, 0) is 77.5 Å².